The van der Waals surface area contributed by atoms with E-state index in [-0.39, 0.29) is 18.8 Å². The van der Waals surface area contributed by atoms with Crippen LogP contribution in [-0.2, 0) is 0 Å². The van der Waals surface area contributed by atoms with E-state index in [4.69, 9.17) is 25.8 Å². The second-order valence-electron chi connectivity index (χ2n) is 6.15. The lowest BCUT2D eigenvalue weighted by molar-refractivity contribution is 0.221. The highest BCUT2D eigenvalue weighted by Crippen LogP contribution is 2.30. The predicted octanol–water partition coefficient (Wildman–Crippen LogP) is 4.37. The fraction of sp³-hybridized carbons (Fsp3) is 0.350. The molecule has 1 atom stereocenters. The standard InChI is InChI=1S/C20H25ClN2O4/c1-12-8-16(9-13(2)19(12)21)27-11-22-20(24)23-14(3)15-6-7-17(25-4)18(10-15)26-5/h6-10,14H,11H2,1-5H3,(H2,22,23,24). The van der Waals surface area contributed by atoms with Gasteiger partial charge >= 0.3 is 6.03 Å². The number of nitrogens with one attached hydrogen (secondary N) is 2. The highest BCUT2D eigenvalue weighted by atomic mass is 35.5. The maximum absolute atomic E-state index is 12.1. The fourth-order valence-corrected chi connectivity index (χ4v) is 2.74. The Labute approximate surface area is 164 Å². The quantitative estimate of drug-likeness (QED) is 0.686. The molecule has 0 aliphatic heterocycles. The first-order valence-corrected chi connectivity index (χ1v) is 8.89. The molecule has 0 saturated carbocycles. The van der Waals surface area contributed by atoms with E-state index in [9.17, 15) is 4.79 Å². The summed E-state index contributed by atoms with van der Waals surface area (Å²) in [7, 11) is 3.15. The van der Waals surface area contributed by atoms with Crippen molar-refractivity contribution in [2.24, 2.45) is 0 Å². The van der Waals surface area contributed by atoms with Gasteiger partial charge in [0, 0.05) is 5.02 Å². The maximum atomic E-state index is 12.1. The minimum absolute atomic E-state index is 0.0466. The number of hydrogen-bond acceptors (Lipinski definition) is 4. The Morgan fingerprint density at radius 2 is 1.70 bits per heavy atom. The Morgan fingerprint density at radius 3 is 2.30 bits per heavy atom. The Hall–Kier alpha value is -2.60. The van der Waals surface area contributed by atoms with Crippen LogP contribution < -0.4 is 24.8 Å². The van der Waals surface area contributed by atoms with Crippen molar-refractivity contribution in [3.8, 4) is 17.2 Å². The van der Waals surface area contributed by atoms with Gasteiger partial charge in [-0.25, -0.2) is 4.79 Å². The van der Waals surface area contributed by atoms with Gasteiger partial charge in [-0.3, -0.25) is 0 Å². The smallest absolute Gasteiger partial charge is 0.317 e. The van der Waals surface area contributed by atoms with Crippen LogP contribution in [0.2, 0.25) is 5.02 Å². The van der Waals surface area contributed by atoms with Crippen molar-refractivity contribution in [3.05, 3.63) is 52.0 Å². The number of urea groups is 1. The van der Waals surface area contributed by atoms with Crippen LogP contribution in [0.3, 0.4) is 0 Å². The Balaban J connectivity index is 1.88. The van der Waals surface area contributed by atoms with Crippen LogP contribution in [0.25, 0.3) is 0 Å². The number of carbonyl (C=O) groups excluding carboxylic acids is 1. The molecule has 6 nitrogen and oxygen atoms in total. The van der Waals surface area contributed by atoms with Crippen LogP contribution in [-0.4, -0.2) is 27.0 Å². The van der Waals surface area contributed by atoms with E-state index in [0.717, 1.165) is 21.7 Å². The fourth-order valence-electron chi connectivity index (χ4n) is 2.63. The SMILES string of the molecule is COc1ccc(C(C)NC(=O)NCOc2cc(C)c(Cl)c(C)c2)cc1OC. The molecule has 0 spiro atoms. The summed E-state index contributed by atoms with van der Waals surface area (Å²) >= 11 is 6.14. The van der Waals surface area contributed by atoms with Gasteiger partial charge in [0.2, 0.25) is 0 Å². The number of carbonyl (C=O) groups is 1. The molecule has 2 N–H and O–H groups in total. The molecule has 7 heteroatoms. The molecule has 146 valence electrons. The summed E-state index contributed by atoms with van der Waals surface area (Å²) in [6.45, 7) is 5.75. The predicted molar refractivity (Wildman–Crippen MR) is 106 cm³/mol. The summed E-state index contributed by atoms with van der Waals surface area (Å²) in [6, 6.07) is 8.63. The number of amides is 2. The normalized spacial score (nSPS) is 11.5. The molecule has 2 rings (SSSR count). The molecule has 0 aliphatic carbocycles. The first-order chi connectivity index (χ1) is 12.8. The molecular weight excluding hydrogens is 368 g/mol. The van der Waals surface area contributed by atoms with E-state index in [0.29, 0.717) is 17.2 Å². The number of hydrogen-bond donors (Lipinski definition) is 2. The van der Waals surface area contributed by atoms with Crippen molar-refractivity contribution >= 4 is 17.6 Å². The zero-order valence-corrected chi connectivity index (χ0v) is 16.9. The van der Waals surface area contributed by atoms with Crippen molar-refractivity contribution in [2.45, 2.75) is 26.8 Å². The summed E-state index contributed by atoms with van der Waals surface area (Å²) in [5, 5.41) is 6.25. The summed E-state index contributed by atoms with van der Waals surface area (Å²) in [4.78, 5) is 12.1. The molecule has 0 bridgehead atoms. The van der Waals surface area contributed by atoms with Gasteiger partial charge in [-0.1, -0.05) is 17.7 Å². The topological polar surface area (TPSA) is 68.8 Å². The summed E-state index contributed by atoms with van der Waals surface area (Å²) in [5.41, 5.74) is 2.75. The number of rotatable bonds is 7. The minimum atomic E-state index is -0.334. The molecule has 2 aromatic rings. The summed E-state index contributed by atoms with van der Waals surface area (Å²) in [5.74, 6) is 1.91. The van der Waals surface area contributed by atoms with Gasteiger partial charge in [-0.15, -0.1) is 0 Å². The molecule has 0 heterocycles. The van der Waals surface area contributed by atoms with E-state index < -0.39 is 0 Å². The Bertz CT molecular complexity index is 788. The van der Waals surface area contributed by atoms with Crippen molar-refractivity contribution in [1.82, 2.24) is 10.6 Å². The highest BCUT2D eigenvalue weighted by molar-refractivity contribution is 6.32. The number of methoxy groups -OCH3 is 2. The van der Waals surface area contributed by atoms with E-state index >= 15 is 0 Å². The first kappa shape index (κ1) is 20.7. The second kappa shape index (κ2) is 9.37. The third-order valence-electron chi connectivity index (χ3n) is 4.14. The van der Waals surface area contributed by atoms with Gasteiger partial charge in [0.1, 0.15) is 5.75 Å². The van der Waals surface area contributed by atoms with Crippen molar-refractivity contribution < 1.29 is 19.0 Å². The monoisotopic (exact) mass is 392 g/mol. The van der Waals surface area contributed by atoms with Crippen LogP contribution in [0.1, 0.15) is 29.7 Å². The van der Waals surface area contributed by atoms with E-state index in [2.05, 4.69) is 10.6 Å². The van der Waals surface area contributed by atoms with E-state index in [1.54, 1.807) is 20.3 Å². The number of ether oxygens (including phenoxy) is 3. The maximum Gasteiger partial charge on any atom is 0.317 e. The zero-order valence-electron chi connectivity index (χ0n) is 16.2. The number of halogens is 1. The van der Waals surface area contributed by atoms with Crippen LogP contribution in [0, 0.1) is 13.8 Å². The van der Waals surface area contributed by atoms with Crippen molar-refractivity contribution in [1.29, 1.82) is 0 Å². The van der Waals surface area contributed by atoms with Gasteiger partial charge in [0.25, 0.3) is 0 Å². The van der Waals surface area contributed by atoms with Crippen molar-refractivity contribution in [3.63, 3.8) is 0 Å². The van der Waals surface area contributed by atoms with Crippen LogP contribution in [0.15, 0.2) is 30.3 Å². The molecule has 0 saturated heterocycles. The lowest BCUT2D eigenvalue weighted by Gasteiger charge is -2.17. The van der Waals surface area contributed by atoms with Gasteiger partial charge in [0.05, 0.1) is 20.3 Å². The Kier molecular flexibility index (Phi) is 7.19. The molecular formula is C20H25ClN2O4. The van der Waals surface area contributed by atoms with Gasteiger partial charge in [0.15, 0.2) is 18.2 Å². The van der Waals surface area contributed by atoms with Crippen LogP contribution in [0.5, 0.6) is 17.2 Å². The number of benzene rings is 2. The molecule has 27 heavy (non-hydrogen) atoms. The lowest BCUT2D eigenvalue weighted by atomic mass is 10.1. The largest absolute Gasteiger partial charge is 0.493 e. The molecule has 2 amide bonds. The van der Waals surface area contributed by atoms with E-state index in [1.165, 1.54) is 0 Å². The first-order valence-electron chi connectivity index (χ1n) is 8.51. The van der Waals surface area contributed by atoms with Gasteiger partial charge in [-0.05, 0) is 61.7 Å². The Morgan fingerprint density at radius 1 is 1.07 bits per heavy atom. The summed E-state index contributed by atoms with van der Waals surface area (Å²) < 4.78 is 16.1. The highest BCUT2D eigenvalue weighted by Gasteiger charge is 2.12. The van der Waals surface area contributed by atoms with Crippen LogP contribution >= 0.6 is 11.6 Å². The molecule has 0 aliphatic rings. The average molecular weight is 393 g/mol. The third kappa shape index (κ3) is 5.44. The van der Waals surface area contributed by atoms with Crippen molar-refractivity contribution in [2.75, 3.05) is 21.0 Å². The third-order valence-corrected chi connectivity index (χ3v) is 4.73. The molecule has 0 radical (unpaired) electrons. The molecule has 0 aromatic heterocycles. The summed E-state index contributed by atoms with van der Waals surface area (Å²) in [6.07, 6.45) is 0. The average Bonchev–Trinajstić information content (AvgIpc) is 2.65. The van der Waals surface area contributed by atoms with Crippen LogP contribution in [0.4, 0.5) is 4.79 Å². The van der Waals surface area contributed by atoms with Gasteiger partial charge in [-0.2, -0.15) is 0 Å². The molecule has 2 aromatic carbocycles. The lowest BCUT2D eigenvalue weighted by Crippen LogP contribution is -2.38. The van der Waals surface area contributed by atoms with Gasteiger partial charge < -0.3 is 24.8 Å². The zero-order chi connectivity index (χ0) is 20.0. The van der Waals surface area contributed by atoms with E-state index in [1.807, 2.05) is 45.0 Å². The molecule has 0 fully saturated rings. The second-order valence-corrected chi connectivity index (χ2v) is 6.52. The number of aryl methyl sites for hydroxylation is 2. The molecule has 1 unspecified atom stereocenters. The minimum Gasteiger partial charge on any atom is -0.493 e.